The molecule has 0 aromatic rings. The van der Waals surface area contributed by atoms with Crippen molar-refractivity contribution in [1.29, 1.82) is 0 Å². The molecule has 0 aromatic heterocycles. The molecule has 0 aliphatic heterocycles. The van der Waals surface area contributed by atoms with Gasteiger partial charge in [-0.15, -0.1) is 0 Å². The molecule has 94 valence electrons. The van der Waals surface area contributed by atoms with Crippen LogP contribution in [0.4, 0.5) is 0 Å². The summed E-state index contributed by atoms with van der Waals surface area (Å²) in [7, 11) is -3.44. The number of hydrogen-bond donors (Lipinski definition) is 1. The monoisotopic (exact) mass is 247 g/mol. The molecule has 5 heteroatoms. The lowest BCUT2D eigenvalue weighted by Gasteiger charge is -2.17. The van der Waals surface area contributed by atoms with Crippen LogP contribution < -0.4 is 4.72 Å². The lowest BCUT2D eigenvalue weighted by Crippen LogP contribution is -2.34. The van der Waals surface area contributed by atoms with Crippen LogP contribution in [0.1, 0.15) is 40.5 Å². The van der Waals surface area contributed by atoms with Crippen molar-refractivity contribution < 1.29 is 13.2 Å². The van der Waals surface area contributed by atoms with Crippen molar-refractivity contribution in [3.05, 3.63) is 0 Å². The Balaban J connectivity index is 2.43. The third kappa shape index (κ3) is 4.51. The number of rotatable bonds is 4. The van der Waals surface area contributed by atoms with Crippen molar-refractivity contribution in [3.63, 3.8) is 0 Å². The molecule has 0 radical (unpaired) electrons. The zero-order valence-electron chi connectivity index (χ0n) is 10.4. The number of nitrogens with one attached hydrogen (secondary N) is 1. The zero-order chi connectivity index (χ0) is 12.6. The van der Waals surface area contributed by atoms with Crippen molar-refractivity contribution >= 4 is 15.9 Å². The molecule has 4 nitrogen and oxygen atoms in total. The van der Waals surface area contributed by atoms with Gasteiger partial charge in [0.1, 0.15) is 0 Å². The summed E-state index contributed by atoms with van der Waals surface area (Å²) in [5.41, 5.74) is -0.0370. The first-order chi connectivity index (χ1) is 7.11. The molecule has 1 aliphatic rings. The van der Waals surface area contributed by atoms with Crippen LogP contribution in [0.25, 0.3) is 0 Å². The summed E-state index contributed by atoms with van der Waals surface area (Å²) in [5, 5.41) is 0. The smallest absolute Gasteiger partial charge is 0.236 e. The molecule has 0 aromatic carbocycles. The van der Waals surface area contributed by atoms with Crippen LogP contribution in [-0.2, 0) is 14.8 Å². The molecule has 0 heterocycles. The summed E-state index contributed by atoms with van der Waals surface area (Å²) in [5.74, 6) is -0.0767. The number of amides is 1. The van der Waals surface area contributed by atoms with Gasteiger partial charge in [-0.3, -0.25) is 9.52 Å². The minimum Gasteiger partial charge on any atom is -0.274 e. The highest BCUT2D eigenvalue weighted by Crippen LogP contribution is 2.37. The Kier molecular flexibility index (Phi) is 3.67. The molecule has 1 aliphatic carbocycles. The van der Waals surface area contributed by atoms with Crippen molar-refractivity contribution in [2.24, 2.45) is 17.3 Å². The first-order valence-electron chi connectivity index (χ1n) is 5.65. The standard InChI is InChI=1S/C11H21NO3S/c1-8-7-9(8)10(13)12-16(14,15)6-5-11(2,3)4/h8-9H,5-7H2,1-4H3,(H,12,13)/t8-,9-/m1/s1. The van der Waals surface area contributed by atoms with Gasteiger partial charge >= 0.3 is 0 Å². The van der Waals surface area contributed by atoms with Gasteiger partial charge in [0, 0.05) is 5.92 Å². The minimum atomic E-state index is -3.44. The van der Waals surface area contributed by atoms with Crippen molar-refractivity contribution in [3.8, 4) is 0 Å². The molecule has 1 N–H and O–H groups in total. The topological polar surface area (TPSA) is 63.2 Å². The third-order valence-corrected chi connectivity index (χ3v) is 4.08. The summed E-state index contributed by atoms with van der Waals surface area (Å²) in [4.78, 5) is 11.5. The lowest BCUT2D eigenvalue weighted by atomic mass is 9.94. The SMILES string of the molecule is C[C@@H]1C[C@H]1C(=O)NS(=O)(=O)CCC(C)(C)C. The third-order valence-electron chi connectivity index (χ3n) is 2.82. The largest absolute Gasteiger partial charge is 0.274 e. The fourth-order valence-corrected chi connectivity index (χ4v) is 2.85. The number of carbonyl (C=O) groups is 1. The van der Waals surface area contributed by atoms with Gasteiger partial charge in [-0.25, -0.2) is 8.42 Å². The quantitative estimate of drug-likeness (QED) is 0.819. The van der Waals surface area contributed by atoms with E-state index in [1.54, 1.807) is 0 Å². The van der Waals surface area contributed by atoms with Gasteiger partial charge in [-0.05, 0) is 24.2 Å². The van der Waals surface area contributed by atoms with Crippen LogP contribution in [0.2, 0.25) is 0 Å². The van der Waals surface area contributed by atoms with Crippen LogP contribution in [-0.4, -0.2) is 20.1 Å². The zero-order valence-corrected chi connectivity index (χ0v) is 11.2. The molecule has 0 spiro atoms. The summed E-state index contributed by atoms with van der Waals surface area (Å²) in [6, 6.07) is 0. The van der Waals surface area contributed by atoms with E-state index in [4.69, 9.17) is 0 Å². The van der Waals surface area contributed by atoms with E-state index in [1.807, 2.05) is 27.7 Å². The first-order valence-corrected chi connectivity index (χ1v) is 7.30. The molecule has 1 saturated carbocycles. The molecule has 0 unspecified atom stereocenters. The highest BCUT2D eigenvalue weighted by molar-refractivity contribution is 7.90. The number of carbonyl (C=O) groups excluding carboxylic acids is 1. The van der Waals surface area contributed by atoms with Gasteiger partial charge in [-0.2, -0.15) is 0 Å². The molecule has 1 amide bonds. The molecule has 1 fully saturated rings. The van der Waals surface area contributed by atoms with E-state index in [0.29, 0.717) is 12.3 Å². The Morgan fingerprint density at radius 2 is 1.88 bits per heavy atom. The predicted octanol–water partition coefficient (Wildman–Crippen LogP) is 1.52. The van der Waals surface area contributed by atoms with Crippen LogP contribution in [0.3, 0.4) is 0 Å². The maximum absolute atomic E-state index is 11.6. The van der Waals surface area contributed by atoms with Gasteiger partial charge in [-0.1, -0.05) is 27.7 Å². The maximum atomic E-state index is 11.6. The second-order valence-corrected chi connectivity index (χ2v) is 7.76. The van der Waals surface area contributed by atoms with Crippen LogP contribution in [0, 0.1) is 17.3 Å². The van der Waals surface area contributed by atoms with E-state index >= 15 is 0 Å². The summed E-state index contributed by atoms with van der Waals surface area (Å²) < 4.78 is 25.3. The Hall–Kier alpha value is -0.580. The summed E-state index contributed by atoms with van der Waals surface area (Å²) in [6.45, 7) is 7.89. The summed E-state index contributed by atoms with van der Waals surface area (Å²) in [6.07, 6.45) is 1.36. The van der Waals surface area contributed by atoms with E-state index < -0.39 is 10.0 Å². The average molecular weight is 247 g/mol. The first kappa shape index (κ1) is 13.5. The Morgan fingerprint density at radius 3 is 2.25 bits per heavy atom. The van der Waals surface area contributed by atoms with Gasteiger partial charge in [0.2, 0.25) is 15.9 Å². The lowest BCUT2D eigenvalue weighted by molar-refractivity contribution is -0.120. The Bertz CT molecular complexity index is 367. The van der Waals surface area contributed by atoms with Crippen LogP contribution in [0.15, 0.2) is 0 Å². The van der Waals surface area contributed by atoms with E-state index in [1.165, 1.54) is 0 Å². The molecule has 0 bridgehead atoms. The number of sulfonamides is 1. The van der Waals surface area contributed by atoms with E-state index in [9.17, 15) is 13.2 Å². The van der Waals surface area contributed by atoms with Crippen molar-refractivity contribution in [1.82, 2.24) is 4.72 Å². The highest BCUT2D eigenvalue weighted by Gasteiger charge is 2.40. The minimum absolute atomic E-state index is 0.0172. The fourth-order valence-electron chi connectivity index (χ4n) is 1.41. The molecule has 2 atom stereocenters. The van der Waals surface area contributed by atoms with Crippen molar-refractivity contribution in [2.45, 2.75) is 40.5 Å². The highest BCUT2D eigenvalue weighted by atomic mass is 32.2. The molecular weight excluding hydrogens is 226 g/mol. The summed E-state index contributed by atoms with van der Waals surface area (Å²) >= 11 is 0. The molecule has 16 heavy (non-hydrogen) atoms. The average Bonchev–Trinajstić information content (AvgIpc) is 2.78. The Labute approximate surface area is 97.9 Å². The predicted molar refractivity (Wildman–Crippen MR) is 63.3 cm³/mol. The second kappa shape index (κ2) is 4.35. The van der Waals surface area contributed by atoms with Gasteiger partial charge in [0.25, 0.3) is 0 Å². The maximum Gasteiger partial charge on any atom is 0.236 e. The fraction of sp³-hybridized carbons (Fsp3) is 0.909. The van der Waals surface area contributed by atoms with Crippen LogP contribution >= 0.6 is 0 Å². The van der Waals surface area contributed by atoms with Crippen molar-refractivity contribution in [2.75, 3.05) is 5.75 Å². The second-order valence-electron chi connectivity index (χ2n) is 5.92. The van der Waals surface area contributed by atoms with Crippen LogP contribution in [0.5, 0.6) is 0 Å². The molecule has 1 rings (SSSR count). The van der Waals surface area contributed by atoms with E-state index in [2.05, 4.69) is 4.72 Å². The van der Waals surface area contributed by atoms with E-state index in [0.717, 1.165) is 6.42 Å². The number of hydrogen-bond acceptors (Lipinski definition) is 3. The van der Waals surface area contributed by atoms with Gasteiger partial charge in [0.05, 0.1) is 5.75 Å². The molecular formula is C11H21NO3S. The Morgan fingerprint density at radius 1 is 1.38 bits per heavy atom. The van der Waals surface area contributed by atoms with Gasteiger partial charge < -0.3 is 0 Å². The molecule has 0 saturated heterocycles. The normalized spacial score (nSPS) is 25.2. The van der Waals surface area contributed by atoms with Gasteiger partial charge in [0.15, 0.2) is 0 Å². The van der Waals surface area contributed by atoms with E-state index in [-0.39, 0.29) is 23.0 Å².